The number of aliphatic carboxylic acids is 1. The number of carboxylic acid groups (broad SMARTS) is 1. The summed E-state index contributed by atoms with van der Waals surface area (Å²) in [6.07, 6.45) is 7.29. The van der Waals surface area contributed by atoms with Crippen LogP contribution in [-0.4, -0.2) is 62.7 Å². The fraction of sp³-hybridized carbons (Fsp3) is 0.450. The van der Waals surface area contributed by atoms with Crippen molar-refractivity contribution in [3.8, 4) is 5.69 Å². The Labute approximate surface area is 159 Å². The van der Waals surface area contributed by atoms with E-state index in [0.29, 0.717) is 19.6 Å². The number of aromatic nitrogens is 2. The van der Waals surface area contributed by atoms with Gasteiger partial charge in [-0.3, -0.25) is 14.5 Å². The Balaban J connectivity index is 1.57. The number of hydrogen-bond acceptors (Lipinski definition) is 4. The molecule has 1 N–H and O–H groups in total. The molecule has 3 rings (SSSR count). The van der Waals surface area contributed by atoms with Gasteiger partial charge in [0.1, 0.15) is 6.54 Å². The highest BCUT2D eigenvalue weighted by molar-refractivity contribution is 5.83. The molecule has 2 aromatic rings. The zero-order valence-electron chi connectivity index (χ0n) is 15.7. The van der Waals surface area contributed by atoms with Crippen molar-refractivity contribution >= 4 is 11.9 Å². The number of aryl methyl sites for hydroxylation is 1. The molecule has 1 aliphatic heterocycles. The van der Waals surface area contributed by atoms with Gasteiger partial charge in [0.2, 0.25) is 5.91 Å². The lowest BCUT2D eigenvalue weighted by molar-refractivity contribution is -0.147. The molecular weight excluding hydrogens is 344 g/mol. The van der Waals surface area contributed by atoms with Crippen LogP contribution in [0.25, 0.3) is 5.69 Å². The number of carboxylic acids is 1. The van der Waals surface area contributed by atoms with Crippen molar-refractivity contribution in [2.24, 2.45) is 0 Å². The van der Waals surface area contributed by atoms with E-state index in [2.05, 4.69) is 36.3 Å². The van der Waals surface area contributed by atoms with Crippen LogP contribution in [0.5, 0.6) is 0 Å². The van der Waals surface area contributed by atoms with Gasteiger partial charge in [0.25, 0.3) is 0 Å². The quantitative estimate of drug-likeness (QED) is 0.768. The first-order valence-electron chi connectivity index (χ1n) is 9.40. The van der Waals surface area contributed by atoms with E-state index < -0.39 is 5.97 Å². The van der Waals surface area contributed by atoms with Gasteiger partial charge in [0.15, 0.2) is 0 Å². The first-order valence-corrected chi connectivity index (χ1v) is 9.40. The summed E-state index contributed by atoms with van der Waals surface area (Å²) < 4.78 is 1.85. The van der Waals surface area contributed by atoms with Crippen molar-refractivity contribution in [2.45, 2.75) is 32.7 Å². The second-order valence-corrected chi connectivity index (χ2v) is 6.98. The van der Waals surface area contributed by atoms with E-state index in [-0.39, 0.29) is 19.0 Å². The summed E-state index contributed by atoms with van der Waals surface area (Å²) in [6, 6.07) is 8.45. The summed E-state index contributed by atoms with van der Waals surface area (Å²) in [5, 5.41) is 13.3. The Morgan fingerprint density at radius 2 is 1.96 bits per heavy atom. The molecule has 0 atom stereocenters. The van der Waals surface area contributed by atoms with E-state index in [1.807, 2.05) is 22.0 Å². The minimum Gasteiger partial charge on any atom is -0.480 e. The van der Waals surface area contributed by atoms with Crippen LogP contribution in [-0.2, 0) is 22.6 Å². The van der Waals surface area contributed by atoms with Gasteiger partial charge in [0.05, 0.1) is 18.4 Å². The highest BCUT2D eigenvalue weighted by Crippen LogP contribution is 2.14. The number of carbonyl (C=O) groups is 2. The van der Waals surface area contributed by atoms with Gasteiger partial charge in [0, 0.05) is 31.4 Å². The molecule has 144 valence electrons. The summed E-state index contributed by atoms with van der Waals surface area (Å²) in [6.45, 7) is 3.94. The van der Waals surface area contributed by atoms with Crippen LogP contribution in [0.4, 0.5) is 0 Å². The summed E-state index contributed by atoms with van der Waals surface area (Å²) >= 11 is 0. The zero-order chi connectivity index (χ0) is 19.2. The van der Waals surface area contributed by atoms with Crippen molar-refractivity contribution in [3.63, 3.8) is 0 Å². The molecule has 1 aromatic heterocycles. The lowest BCUT2D eigenvalue weighted by Gasteiger charge is -2.33. The summed E-state index contributed by atoms with van der Waals surface area (Å²) in [4.78, 5) is 26.3. The molecular formula is C20H26N4O3. The van der Waals surface area contributed by atoms with Gasteiger partial charge in [-0.15, -0.1) is 0 Å². The van der Waals surface area contributed by atoms with E-state index in [1.54, 1.807) is 0 Å². The molecule has 7 heteroatoms. The number of benzene rings is 1. The first kappa shape index (κ1) is 19.1. The third-order valence-corrected chi connectivity index (χ3v) is 4.79. The maximum atomic E-state index is 12.1. The van der Waals surface area contributed by atoms with Gasteiger partial charge in [-0.25, -0.2) is 4.68 Å². The molecule has 27 heavy (non-hydrogen) atoms. The van der Waals surface area contributed by atoms with E-state index in [1.165, 1.54) is 23.3 Å². The average Bonchev–Trinajstić information content (AvgIpc) is 3.11. The molecule has 0 bridgehead atoms. The molecule has 2 heterocycles. The van der Waals surface area contributed by atoms with E-state index in [4.69, 9.17) is 5.11 Å². The number of amides is 1. The minimum absolute atomic E-state index is 0.140. The van der Waals surface area contributed by atoms with E-state index in [9.17, 15) is 9.59 Å². The van der Waals surface area contributed by atoms with Crippen molar-refractivity contribution in [2.75, 3.05) is 26.2 Å². The average molecular weight is 370 g/mol. The molecule has 1 fully saturated rings. The van der Waals surface area contributed by atoms with Crippen molar-refractivity contribution in [1.82, 2.24) is 19.6 Å². The molecule has 0 radical (unpaired) electrons. The van der Waals surface area contributed by atoms with Crippen molar-refractivity contribution < 1.29 is 14.7 Å². The lowest BCUT2D eigenvalue weighted by Crippen LogP contribution is -2.51. The highest BCUT2D eigenvalue weighted by atomic mass is 16.4. The third-order valence-electron chi connectivity index (χ3n) is 4.79. The Bertz CT molecular complexity index is 785. The molecule has 0 aliphatic carbocycles. The number of unbranched alkanes of at least 4 members (excludes halogenated alkanes) is 1. The van der Waals surface area contributed by atoms with Crippen LogP contribution < -0.4 is 0 Å². The van der Waals surface area contributed by atoms with Gasteiger partial charge >= 0.3 is 5.97 Å². The van der Waals surface area contributed by atoms with Crippen LogP contribution in [0.1, 0.15) is 30.9 Å². The van der Waals surface area contributed by atoms with E-state index >= 15 is 0 Å². The normalized spacial score (nSPS) is 15.3. The number of nitrogens with zero attached hydrogens (tertiary/aromatic N) is 4. The number of hydrogen-bond donors (Lipinski definition) is 1. The molecule has 0 spiro atoms. The largest absolute Gasteiger partial charge is 0.480 e. The highest BCUT2D eigenvalue weighted by Gasteiger charge is 2.25. The van der Waals surface area contributed by atoms with Crippen LogP contribution >= 0.6 is 0 Å². The Morgan fingerprint density at radius 1 is 1.19 bits per heavy atom. The topological polar surface area (TPSA) is 78.7 Å². The monoisotopic (exact) mass is 370 g/mol. The summed E-state index contributed by atoms with van der Waals surface area (Å²) in [7, 11) is 0. The smallest absolute Gasteiger partial charge is 0.323 e. The fourth-order valence-corrected chi connectivity index (χ4v) is 3.26. The van der Waals surface area contributed by atoms with Gasteiger partial charge in [-0.2, -0.15) is 5.10 Å². The summed E-state index contributed by atoms with van der Waals surface area (Å²) in [5.41, 5.74) is 3.39. The van der Waals surface area contributed by atoms with Crippen LogP contribution in [0.3, 0.4) is 0 Å². The summed E-state index contributed by atoms with van der Waals surface area (Å²) in [5.74, 6) is -1.11. The molecule has 1 aliphatic rings. The molecule has 0 saturated carbocycles. The Kier molecular flexibility index (Phi) is 6.24. The Morgan fingerprint density at radius 3 is 2.63 bits per heavy atom. The zero-order valence-corrected chi connectivity index (χ0v) is 15.7. The van der Waals surface area contributed by atoms with Crippen molar-refractivity contribution in [3.05, 3.63) is 47.8 Å². The Hall–Kier alpha value is -2.67. The van der Waals surface area contributed by atoms with Crippen LogP contribution in [0, 0.1) is 0 Å². The third kappa shape index (κ3) is 5.17. The first-order chi connectivity index (χ1) is 13.0. The maximum Gasteiger partial charge on any atom is 0.323 e. The van der Waals surface area contributed by atoms with Gasteiger partial charge in [-0.1, -0.05) is 25.5 Å². The second kappa shape index (κ2) is 8.81. The molecule has 1 aromatic carbocycles. The number of carbonyl (C=O) groups excluding carboxylic acids is 1. The molecule has 7 nitrogen and oxygen atoms in total. The van der Waals surface area contributed by atoms with Crippen LogP contribution in [0.2, 0.25) is 0 Å². The van der Waals surface area contributed by atoms with Crippen LogP contribution in [0.15, 0.2) is 36.7 Å². The maximum absolute atomic E-state index is 12.1. The number of rotatable bonds is 8. The van der Waals surface area contributed by atoms with Crippen molar-refractivity contribution in [1.29, 1.82) is 0 Å². The predicted octanol–water partition coefficient (Wildman–Crippen LogP) is 1.94. The van der Waals surface area contributed by atoms with Gasteiger partial charge < -0.3 is 10.0 Å². The fourth-order valence-electron chi connectivity index (χ4n) is 3.26. The van der Waals surface area contributed by atoms with Gasteiger partial charge in [-0.05, 0) is 30.5 Å². The molecule has 1 saturated heterocycles. The minimum atomic E-state index is -0.973. The van der Waals surface area contributed by atoms with E-state index in [0.717, 1.165) is 17.7 Å². The predicted molar refractivity (Wildman–Crippen MR) is 102 cm³/mol. The lowest BCUT2D eigenvalue weighted by atomic mass is 10.1. The SMILES string of the molecule is CCCCc1ccc(-n2cc(CN3CCN(CC(=O)O)C(=O)C3)cn2)cc1. The molecule has 0 unspecified atom stereocenters. The number of piperazine rings is 1. The molecule has 1 amide bonds. The second-order valence-electron chi connectivity index (χ2n) is 6.98. The standard InChI is InChI=1S/C20H26N4O3/c1-2-3-4-16-5-7-18(8-6-16)24-13-17(11-21-24)12-22-9-10-23(15-20(26)27)19(25)14-22/h5-8,11,13H,2-4,9-10,12,14-15H2,1H3,(H,26,27).